The van der Waals surface area contributed by atoms with Crippen LogP contribution in [0.25, 0.3) is 10.8 Å². The van der Waals surface area contributed by atoms with Crippen LogP contribution < -0.4 is 10.1 Å². The fraction of sp³-hybridized carbons (Fsp3) is 0.154. The zero-order chi connectivity index (χ0) is 20.1. The Morgan fingerprint density at radius 3 is 2.23 bits per heavy atom. The Hall–Kier alpha value is -2.52. The molecule has 4 rings (SSSR count). The minimum atomic E-state index is 0. The predicted molar refractivity (Wildman–Crippen MR) is 129 cm³/mol. The third kappa shape index (κ3) is 5.54. The van der Waals surface area contributed by atoms with E-state index in [-0.39, 0.29) is 12.4 Å². The van der Waals surface area contributed by atoms with Gasteiger partial charge in [0.25, 0.3) is 0 Å². The van der Waals surface area contributed by atoms with Crippen LogP contribution in [0.15, 0.2) is 84.9 Å². The molecule has 0 aliphatic carbocycles. The Kier molecular flexibility index (Phi) is 7.75. The van der Waals surface area contributed by atoms with Gasteiger partial charge in [0.2, 0.25) is 0 Å². The van der Waals surface area contributed by atoms with Crippen LogP contribution in [0.2, 0.25) is 5.02 Å². The van der Waals surface area contributed by atoms with E-state index in [1.807, 2.05) is 24.3 Å². The molecule has 0 saturated carbocycles. The van der Waals surface area contributed by atoms with Gasteiger partial charge in [-0.3, -0.25) is 0 Å². The molecular formula is C26H25Cl2NO. The van der Waals surface area contributed by atoms with Crippen molar-refractivity contribution in [3.63, 3.8) is 0 Å². The van der Waals surface area contributed by atoms with Gasteiger partial charge in [-0.1, -0.05) is 83.9 Å². The molecule has 0 aliphatic heterocycles. The van der Waals surface area contributed by atoms with E-state index in [1.165, 1.54) is 27.5 Å². The second kappa shape index (κ2) is 10.5. The number of halogens is 2. The van der Waals surface area contributed by atoms with Gasteiger partial charge < -0.3 is 10.1 Å². The molecule has 0 heterocycles. The summed E-state index contributed by atoms with van der Waals surface area (Å²) in [4.78, 5) is 0. The molecule has 0 fully saturated rings. The van der Waals surface area contributed by atoms with Gasteiger partial charge >= 0.3 is 0 Å². The first-order valence-corrected chi connectivity index (χ1v) is 10.2. The molecule has 154 valence electrons. The molecule has 0 unspecified atom stereocenters. The fourth-order valence-corrected chi connectivity index (χ4v) is 3.54. The largest absolute Gasteiger partial charge is 0.489 e. The SMILES string of the molecule is Cc1ccc(CNCc2c(OCc3ccc(Cl)cc3)ccc3ccccc23)cc1.Cl. The molecule has 0 aromatic heterocycles. The number of hydrogen-bond acceptors (Lipinski definition) is 2. The van der Waals surface area contributed by atoms with Crippen LogP contribution in [0, 0.1) is 6.92 Å². The highest BCUT2D eigenvalue weighted by atomic mass is 35.5. The Bertz CT molecular complexity index is 1090. The number of rotatable bonds is 7. The van der Waals surface area contributed by atoms with Crippen molar-refractivity contribution in [3.05, 3.63) is 112 Å². The maximum atomic E-state index is 6.21. The monoisotopic (exact) mass is 437 g/mol. The predicted octanol–water partition coefficient (Wildman–Crippen LogP) is 7.09. The summed E-state index contributed by atoms with van der Waals surface area (Å²) < 4.78 is 6.21. The first-order valence-electron chi connectivity index (χ1n) is 9.83. The number of nitrogens with one attached hydrogen (secondary N) is 1. The quantitative estimate of drug-likeness (QED) is 0.333. The van der Waals surface area contributed by atoms with Crippen molar-refractivity contribution in [1.82, 2.24) is 5.32 Å². The standard InChI is InChI=1S/C26H24ClNO.ClH/c1-19-6-8-20(9-7-19)16-28-17-25-24-5-3-2-4-22(24)12-15-26(25)29-18-21-10-13-23(27)14-11-21;/h2-15,28H,16-18H2,1H3;1H. The number of fused-ring (bicyclic) bond motifs is 1. The van der Waals surface area contributed by atoms with Crippen molar-refractivity contribution in [2.24, 2.45) is 0 Å². The molecule has 0 radical (unpaired) electrons. The highest BCUT2D eigenvalue weighted by Crippen LogP contribution is 2.29. The lowest BCUT2D eigenvalue weighted by Gasteiger charge is -2.15. The average molecular weight is 438 g/mol. The van der Waals surface area contributed by atoms with E-state index >= 15 is 0 Å². The van der Waals surface area contributed by atoms with Crippen molar-refractivity contribution >= 4 is 34.8 Å². The molecule has 0 aliphatic rings. The first kappa shape index (κ1) is 22.2. The molecule has 2 nitrogen and oxygen atoms in total. The molecule has 4 heteroatoms. The minimum Gasteiger partial charge on any atom is -0.489 e. The van der Waals surface area contributed by atoms with Crippen molar-refractivity contribution in [2.75, 3.05) is 0 Å². The minimum absolute atomic E-state index is 0. The van der Waals surface area contributed by atoms with Crippen LogP contribution in [0.5, 0.6) is 5.75 Å². The summed E-state index contributed by atoms with van der Waals surface area (Å²) in [6.45, 7) is 4.18. The van der Waals surface area contributed by atoms with Gasteiger partial charge in [-0.2, -0.15) is 0 Å². The Balaban J connectivity index is 0.00000256. The summed E-state index contributed by atoms with van der Waals surface area (Å²) in [5.41, 5.74) is 4.84. The van der Waals surface area contributed by atoms with E-state index in [4.69, 9.17) is 16.3 Å². The lowest BCUT2D eigenvalue weighted by Crippen LogP contribution is -2.14. The third-order valence-corrected chi connectivity index (χ3v) is 5.31. The van der Waals surface area contributed by atoms with Crippen LogP contribution in [0.1, 0.15) is 22.3 Å². The molecule has 0 saturated heterocycles. The van der Waals surface area contributed by atoms with Gasteiger partial charge in [0.1, 0.15) is 12.4 Å². The van der Waals surface area contributed by atoms with Crippen LogP contribution in [0.3, 0.4) is 0 Å². The van der Waals surface area contributed by atoms with Gasteiger partial charge in [-0.25, -0.2) is 0 Å². The second-order valence-electron chi connectivity index (χ2n) is 7.27. The van der Waals surface area contributed by atoms with E-state index in [1.54, 1.807) is 0 Å². The molecule has 0 atom stereocenters. The molecule has 4 aromatic rings. The van der Waals surface area contributed by atoms with Gasteiger partial charge in [-0.05, 0) is 47.0 Å². The van der Waals surface area contributed by atoms with Crippen molar-refractivity contribution < 1.29 is 4.74 Å². The zero-order valence-corrected chi connectivity index (χ0v) is 18.5. The lowest BCUT2D eigenvalue weighted by atomic mass is 10.0. The van der Waals surface area contributed by atoms with Crippen molar-refractivity contribution in [3.8, 4) is 5.75 Å². The third-order valence-electron chi connectivity index (χ3n) is 5.06. The average Bonchev–Trinajstić information content (AvgIpc) is 2.75. The van der Waals surface area contributed by atoms with Gasteiger partial charge in [0.05, 0.1) is 0 Å². The lowest BCUT2D eigenvalue weighted by molar-refractivity contribution is 0.302. The summed E-state index contributed by atoms with van der Waals surface area (Å²) in [7, 11) is 0. The first-order chi connectivity index (χ1) is 14.2. The smallest absolute Gasteiger partial charge is 0.124 e. The molecule has 0 bridgehead atoms. The van der Waals surface area contributed by atoms with Crippen molar-refractivity contribution in [1.29, 1.82) is 0 Å². The highest BCUT2D eigenvalue weighted by molar-refractivity contribution is 6.30. The summed E-state index contributed by atoms with van der Waals surface area (Å²) in [5.74, 6) is 0.912. The van der Waals surface area contributed by atoms with E-state index in [0.717, 1.165) is 29.4 Å². The Labute approximate surface area is 189 Å². The summed E-state index contributed by atoms with van der Waals surface area (Å²) in [6.07, 6.45) is 0. The maximum Gasteiger partial charge on any atom is 0.124 e. The van der Waals surface area contributed by atoms with E-state index in [0.29, 0.717) is 6.61 Å². The fourth-order valence-electron chi connectivity index (χ4n) is 3.41. The van der Waals surface area contributed by atoms with Gasteiger partial charge in [0, 0.05) is 23.7 Å². The maximum absolute atomic E-state index is 6.21. The molecule has 0 amide bonds. The van der Waals surface area contributed by atoms with Gasteiger partial charge in [-0.15, -0.1) is 12.4 Å². The van der Waals surface area contributed by atoms with Crippen molar-refractivity contribution in [2.45, 2.75) is 26.6 Å². The number of aryl methyl sites for hydroxylation is 1. The molecule has 30 heavy (non-hydrogen) atoms. The topological polar surface area (TPSA) is 21.3 Å². The van der Waals surface area contributed by atoms with E-state index in [9.17, 15) is 0 Å². The zero-order valence-electron chi connectivity index (χ0n) is 16.9. The highest BCUT2D eigenvalue weighted by Gasteiger charge is 2.09. The molecular weight excluding hydrogens is 413 g/mol. The molecule has 1 N–H and O–H groups in total. The van der Waals surface area contributed by atoms with Crippen LogP contribution in [0.4, 0.5) is 0 Å². The van der Waals surface area contributed by atoms with Crippen LogP contribution in [-0.2, 0) is 19.7 Å². The number of hydrogen-bond donors (Lipinski definition) is 1. The van der Waals surface area contributed by atoms with E-state index < -0.39 is 0 Å². The summed E-state index contributed by atoms with van der Waals surface area (Å²) in [6, 6.07) is 29.1. The molecule has 0 spiro atoms. The van der Waals surface area contributed by atoms with Crippen LogP contribution in [-0.4, -0.2) is 0 Å². The second-order valence-corrected chi connectivity index (χ2v) is 7.70. The Morgan fingerprint density at radius 1 is 0.767 bits per heavy atom. The number of benzene rings is 4. The van der Waals surface area contributed by atoms with E-state index in [2.05, 4.69) is 72.9 Å². The van der Waals surface area contributed by atoms with Crippen LogP contribution >= 0.6 is 24.0 Å². The number of ether oxygens (including phenoxy) is 1. The summed E-state index contributed by atoms with van der Waals surface area (Å²) >= 11 is 5.99. The van der Waals surface area contributed by atoms with Gasteiger partial charge in [0.15, 0.2) is 0 Å². The summed E-state index contributed by atoms with van der Waals surface area (Å²) in [5, 5.41) is 6.76. The Morgan fingerprint density at radius 2 is 1.47 bits per heavy atom. The normalized spacial score (nSPS) is 10.6. The molecule has 4 aromatic carbocycles.